The van der Waals surface area contributed by atoms with Gasteiger partial charge in [-0.25, -0.2) is 18.4 Å². The molecular weight excluding hydrogens is 568 g/mol. The fraction of sp³-hybridized carbons (Fsp3) is 0.129. The number of carbonyl (C=O) groups excluding carboxylic acids is 1. The van der Waals surface area contributed by atoms with Gasteiger partial charge < -0.3 is 20.5 Å². The summed E-state index contributed by atoms with van der Waals surface area (Å²) in [6.45, 7) is 0.705. The molecular formula is C31H30N6O5S. The van der Waals surface area contributed by atoms with E-state index in [1.165, 1.54) is 31.4 Å². The van der Waals surface area contributed by atoms with Gasteiger partial charge in [0.1, 0.15) is 11.5 Å². The fourth-order valence-electron chi connectivity index (χ4n) is 4.39. The van der Waals surface area contributed by atoms with Crippen molar-refractivity contribution in [3.8, 4) is 11.5 Å². The van der Waals surface area contributed by atoms with Gasteiger partial charge >= 0.3 is 0 Å². The van der Waals surface area contributed by atoms with E-state index in [0.29, 0.717) is 34.7 Å². The Balaban J connectivity index is 1.36. The largest absolute Gasteiger partial charge is 0.508 e. The van der Waals surface area contributed by atoms with Crippen LogP contribution >= 0.6 is 0 Å². The maximum absolute atomic E-state index is 13.5. The molecule has 0 fully saturated rings. The molecule has 0 spiro atoms. The van der Waals surface area contributed by atoms with Crippen LogP contribution < -0.4 is 20.1 Å². The van der Waals surface area contributed by atoms with Crippen LogP contribution in [0.2, 0.25) is 0 Å². The number of amides is 1. The van der Waals surface area contributed by atoms with E-state index in [1.807, 2.05) is 42.3 Å². The maximum atomic E-state index is 13.5. The predicted octanol–water partition coefficient (Wildman–Crippen LogP) is 4.96. The van der Waals surface area contributed by atoms with E-state index in [9.17, 15) is 18.3 Å². The molecule has 1 heterocycles. The smallest absolute Gasteiger partial charge is 0.263 e. The molecule has 0 saturated carbocycles. The van der Waals surface area contributed by atoms with Gasteiger partial charge in [-0.2, -0.15) is 0 Å². The third-order valence-electron chi connectivity index (χ3n) is 6.33. The number of para-hydroxylation sites is 2. The summed E-state index contributed by atoms with van der Waals surface area (Å²) in [7, 11) is -0.869. The van der Waals surface area contributed by atoms with Gasteiger partial charge in [-0.1, -0.05) is 48.5 Å². The number of hydrogen-bond acceptors (Lipinski definition) is 9. The van der Waals surface area contributed by atoms with Crippen molar-refractivity contribution in [2.45, 2.75) is 11.4 Å². The van der Waals surface area contributed by atoms with E-state index < -0.39 is 10.0 Å². The van der Waals surface area contributed by atoms with Crippen LogP contribution in [0.1, 0.15) is 5.56 Å². The monoisotopic (exact) mass is 598 g/mol. The Labute approximate surface area is 249 Å². The number of sulfonamides is 1. The van der Waals surface area contributed by atoms with E-state index >= 15 is 0 Å². The van der Waals surface area contributed by atoms with Crippen LogP contribution in [-0.4, -0.2) is 55.0 Å². The van der Waals surface area contributed by atoms with Gasteiger partial charge in [0.05, 0.1) is 29.6 Å². The zero-order valence-electron chi connectivity index (χ0n) is 23.5. The number of ether oxygens (including phenoxy) is 1. The average molecular weight is 599 g/mol. The summed E-state index contributed by atoms with van der Waals surface area (Å²) < 4.78 is 34.8. The van der Waals surface area contributed by atoms with Crippen molar-refractivity contribution in [3.05, 3.63) is 103 Å². The minimum atomic E-state index is -4.17. The molecule has 0 radical (unpaired) electrons. The number of hydrogen-bond donors (Lipinski definition) is 4. The molecule has 0 bridgehead atoms. The third-order valence-corrected chi connectivity index (χ3v) is 7.66. The molecule has 0 aliphatic heterocycles. The SMILES string of the molecule is COc1cc(O)cc(Nc2nc3ccccc3nc2NS(=O)(=O)c2cccc(NC(=O)CN(C)Cc3ccccc3)c2)c1. The number of methoxy groups -OCH3 is 1. The van der Waals surface area contributed by atoms with Crippen LogP contribution in [0, 0.1) is 0 Å². The summed E-state index contributed by atoms with van der Waals surface area (Å²) >= 11 is 0. The first-order valence-electron chi connectivity index (χ1n) is 13.3. The molecule has 0 aliphatic rings. The number of fused-ring (bicyclic) bond motifs is 1. The first-order chi connectivity index (χ1) is 20.7. The number of nitrogens with one attached hydrogen (secondary N) is 3. The van der Waals surface area contributed by atoms with E-state index in [0.717, 1.165) is 5.56 Å². The van der Waals surface area contributed by atoms with Gasteiger partial charge in [0.25, 0.3) is 10.0 Å². The van der Waals surface area contributed by atoms with Gasteiger partial charge in [0.2, 0.25) is 5.91 Å². The van der Waals surface area contributed by atoms with Crippen molar-refractivity contribution in [2.24, 2.45) is 0 Å². The van der Waals surface area contributed by atoms with E-state index in [2.05, 4.69) is 25.3 Å². The van der Waals surface area contributed by atoms with E-state index in [4.69, 9.17) is 4.74 Å². The van der Waals surface area contributed by atoms with Crippen LogP contribution in [0.3, 0.4) is 0 Å². The van der Waals surface area contributed by atoms with Crippen LogP contribution in [0.15, 0.2) is 102 Å². The zero-order chi connectivity index (χ0) is 30.4. The van der Waals surface area contributed by atoms with Gasteiger partial charge in [0.15, 0.2) is 11.6 Å². The molecule has 0 unspecified atom stereocenters. The molecule has 4 aromatic carbocycles. The number of benzene rings is 4. The van der Waals surface area contributed by atoms with Crippen LogP contribution in [0.25, 0.3) is 11.0 Å². The highest BCUT2D eigenvalue weighted by atomic mass is 32.2. The number of aromatic nitrogens is 2. The van der Waals surface area contributed by atoms with Crippen LogP contribution in [0.4, 0.5) is 23.0 Å². The Hall–Kier alpha value is -5.20. The normalized spacial score (nSPS) is 11.3. The summed E-state index contributed by atoms with van der Waals surface area (Å²) in [5, 5.41) is 15.9. The van der Waals surface area contributed by atoms with Gasteiger partial charge in [-0.3, -0.25) is 14.4 Å². The highest BCUT2D eigenvalue weighted by molar-refractivity contribution is 7.92. The first-order valence-corrected chi connectivity index (χ1v) is 14.7. The van der Waals surface area contributed by atoms with Crippen molar-refractivity contribution >= 4 is 50.0 Å². The summed E-state index contributed by atoms with van der Waals surface area (Å²) in [5.74, 6) is 0.111. The van der Waals surface area contributed by atoms with Crippen molar-refractivity contribution in [2.75, 3.05) is 36.1 Å². The third kappa shape index (κ3) is 7.56. The number of rotatable bonds is 11. The molecule has 5 rings (SSSR count). The van der Waals surface area contributed by atoms with Crippen molar-refractivity contribution in [1.82, 2.24) is 14.9 Å². The molecule has 43 heavy (non-hydrogen) atoms. The standard InChI is InChI=1S/C31H30N6O5S/c1-37(19-21-9-4-3-5-10-21)20-29(39)32-22-11-8-12-26(17-22)43(40,41)36-31-30(34-27-13-6-7-14-28(27)35-31)33-23-15-24(38)18-25(16-23)42-2/h3-18,38H,19-20H2,1-2H3,(H,32,39)(H,33,34)(H,35,36). The van der Waals surface area contributed by atoms with E-state index in [1.54, 1.807) is 42.5 Å². The minimum Gasteiger partial charge on any atom is -0.508 e. The Kier molecular flexibility index (Phi) is 8.69. The second-order valence-corrected chi connectivity index (χ2v) is 11.5. The number of anilines is 4. The van der Waals surface area contributed by atoms with Crippen molar-refractivity contribution in [3.63, 3.8) is 0 Å². The van der Waals surface area contributed by atoms with Gasteiger partial charge in [-0.05, 0) is 42.9 Å². The quantitative estimate of drug-likeness (QED) is 0.166. The molecule has 5 aromatic rings. The Morgan fingerprint density at radius 2 is 1.56 bits per heavy atom. The molecule has 4 N–H and O–H groups in total. The maximum Gasteiger partial charge on any atom is 0.263 e. The van der Waals surface area contributed by atoms with Gasteiger partial charge in [0, 0.05) is 36.1 Å². The molecule has 0 aliphatic carbocycles. The molecule has 1 aromatic heterocycles. The number of aromatic hydroxyl groups is 1. The molecule has 220 valence electrons. The highest BCUT2D eigenvalue weighted by Crippen LogP contribution is 2.31. The zero-order valence-corrected chi connectivity index (χ0v) is 24.3. The summed E-state index contributed by atoms with van der Waals surface area (Å²) in [6.07, 6.45) is 0. The topological polar surface area (TPSA) is 146 Å². The average Bonchev–Trinajstić information content (AvgIpc) is 2.97. The summed E-state index contributed by atoms with van der Waals surface area (Å²) in [4.78, 5) is 23.6. The highest BCUT2D eigenvalue weighted by Gasteiger charge is 2.20. The number of phenols is 1. The number of likely N-dealkylation sites (N-methyl/N-ethyl adjacent to an activating group) is 1. The molecule has 1 amide bonds. The summed E-state index contributed by atoms with van der Waals surface area (Å²) in [6, 6.07) is 27.3. The Morgan fingerprint density at radius 3 is 2.28 bits per heavy atom. The van der Waals surface area contributed by atoms with Crippen molar-refractivity contribution < 1.29 is 23.1 Å². The van der Waals surface area contributed by atoms with Crippen molar-refractivity contribution in [1.29, 1.82) is 0 Å². The summed E-state index contributed by atoms with van der Waals surface area (Å²) in [5.41, 5.74) is 2.81. The second kappa shape index (κ2) is 12.8. The lowest BCUT2D eigenvalue weighted by Gasteiger charge is -2.17. The number of phenolic OH excluding ortho intramolecular Hbond substituents is 1. The lowest BCUT2D eigenvalue weighted by Crippen LogP contribution is -2.29. The first kappa shape index (κ1) is 29.3. The lowest BCUT2D eigenvalue weighted by molar-refractivity contribution is -0.117. The number of carbonyl (C=O) groups is 1. The molecule has 12 heteroatoms. The second-order valence-electron chi connectivity index (χ2n) is 9.79. The Morgan fingerprint density at radius 1 is 0.860 bits per heavy atom. The molecule has 0 saturated heterocycles. The van der Waals surface area contributed by atoms with Crippen LogP contribution in [0.5, 0.6) is 11.5 Å². The number of nitrogens with zero attached hydrogens (tertiary/aromatic N) is 3. The van der Waals surface area contributed by atoms with E-state index in [-0.39, 0.29) is 34.7 Å². The minimum absolute atomic E-state index is 0.0529. The predicted molar refractivity (Wildman–Crippen MR) is 166 cm³/mol. The molecule has 0 atom stereocenters. The lowest BCUT2D eigenvalue weighted by atomic mass is 10.2. The van der Waals surface area contributed by atoms with Crippen LogP contribution in [-0.2, 0) is 21.4 Å². The fourth-order valence-corrected chi connectivity index (χ4v) is 5.45. The Bertz CT molecular complexity index is 1870. The van der Waals surface area contributed by atoms with Gasteiger partial charge in [-0.15, -0.1) is 0 Å². The molecule has 11 nitrogen and oxygen atoms in total.